The number of nitrogens with one attached hydrogen (secondary N) is 1. The molecule has 0 unspecified atom stereocenters. The van der Waals surface area contributed by atoms with E-state index in [9.17, 15) is 9.59 Å². The van der Waals surface area contributed by atoms with Crippen molar-refractivity contribution in [3.8, 4) is 0 Å². The first-order valence-corrected chi connectivity index (χ1v) is 7.37. The number of ether oxygens (including phenoxy) is 1. The maximum absolute atomic E-state index is 12.0. The quantitative estimate of drug-likeness (QED) is 0.656. The van der Waals surface area contributed by atoms with Gasteiger partial charge in [-0.2, -0.15) is 0 Å². The fraction of sp³-hybridized carbons (Fsp3) is 0.0588. The molecule has 0 radical (unpaired) electrons. The van der Waals surface area contributed by atoms with Crippen molar-refractivity contribution in [1.82, 2.24) is 0 Å². The molecule has 0 saturated heterocycles. The van der Waals surface area contributed by atoms with E-state index in [0.717, 1.165) is 5.56 Å². The topological polar surface area (TPSA) is 55.4 Å². The molecule has 0 fully saturated rings. The van der Waals surface area contributed by atoms with Crippen LogP contribution in [0.2, 0.25) is 10.0 Å². The van der Waals surface area contributed by atoms with Gasteiger partial charge in [0.05, 0.1) is 23.4 Å². The fourth-order valence-electron chi connectivity index (χ4n) is 1.79. The van der Waals surface area contributed by atoms with E-state index < -0.39 is 5.97 Å². The van der Waals surface area contributed by atoms with E-state index in [2.05, 4.69) is 10.1 Å². The predicted molar refractivity (Wildman–Crippen MR) is 91.9 cm³/mol. The van der Waals surface area contributed by atoms with E-state index >= 15 is 0 Å². The SMILES string of the molecule is COC(=O)c1ccc(Cl)c(NC(=O)/C=C/c2ccc(Cl)cc2)c1. The second-order valence-electron chi connectivity index (χ2n) is 4.56. The van der Waals surface area contributed by atoms with Crippen LogP contribution in [0.4, 0.5) is 5.69 Å². The Hall–Kier alpha value is -2.30. The van der Waals surface area contributed by atoms with Crippen LogP contribution in [0.3, 0.4) is 0 Å². The Kier molecular flexibility index (Phi) is 5.79. The Morgan fingerprint density at radius 3 is 2.43 bits per heavy atom. The number of carbonyl (C=O) groups excluding carboxylic acids is 2. The van der Waals surface area contributed by atoms with E-state index in [0.29, 0.717) is 21.3 Å². The third-order valence-electron chi connectivity index (χ3n) is 2.94. The minimum absolute atomic E-state index is 0.300. The first-order valence-electron chi connectivity index (χ1n) is 6.62. The number of anilines is 1. The largest absolute Gasteiger partial charge is 0.465 e. The van der Waals surface area contributed by atoms with Crippen molar-refractivity contribution in [3.05, 3.63) is 69.7 Å². The number of amides is 1. The van der Waals surface area contributed by atoms with E-state index in [1.807, 2.05) is 0 Å². The molecule has 2 rings (SSSR count). The van der Waals surface area contributed by atoms with Crippen LogP contribution >= 0.6 is 23.2 Å². The zero-order valence-electron chi connectivity index (χ0n) is 12.2. The second kappa shape index (κ2) is 7.81. The molecule has 0 heterocycles. The van der Waals surface area contributed by atoms with Gasteiger partial charge in [-0.1, -0.05) is 35.3 Å². The summed E-state index contributed by atoms with van der Waals surface area (Å²) in [5.74, 6) is -0.877. The lowest BCUT2D eigenvalue weighted by Gasteiger charge is -2.07. The molecule has 23 heavy (non-hydrogen) atoms. The molecule has 0 aromatic heterocycles. The standard InChI is InChI=1S/C17H13Cl2NO3/c1-23-17(22)12-5-8-14(19)15(10-12)20-16(21)9-4-11-2-6-13(18)7-3-11/h2-10H,1H3,(H,20,21)/b9-4+. The summed E-state index contributed by atoms with van der Waals surface area (Å²) >= 11 is 11.8. The van der Waals surface area contributed by atoms with Crippen molar-refractivity contribution in [2.75, 3.05) is 12.4 Å². The number of methoxy groups -OCH3 is 1. The van der Waals surface area contributed by atoms with E-state index in [4.69, 9.17) is 23.2 Å². The monoisotopic (exact) mass is 349 g/mol. The first kappa shape index (κ1) is 17.1. The Bertz CT molecular complexity index is 755. The molecular weight excluding hydrogens is 337 g/mol. The molecule has 4 nitrogen and oxygen atoms in total. The summed E-state index contributed by atoms with van der Waals surface area (Å²) in [6, 6.07) is 11.5. The van der Waals surface area contributed by atoms with Crippen molar-refractivity contribution >= 4 is 46.8 Å². The zero-order valence-corrected chi connectivity index (χ0v) is 13.7. The van der Waals surface area contributed by atoms with E-state index in [1.54, 1.807) is 30.3 Å². The van der Waals surface area contributed by atoms with Gasteiger partial charge in [-0.15, -0.1) is 0 Å². The predicted octanol–water partition coefficient (Wildman–Crippen LogP) is 4.43. The van der Waals surface area contributed by atoms with Crippen LogP contribution in [0, 0.1) is 0 Å². The minimum atomic E-state index is -0.506. The highest BCUT2D eigenvalue weighted by Crippen LogP contribution is 2.23. The molecule has 1 N–H and O–H groups in total. The minimum Gasteiger partial charge on any atom is -0.465 e. The molecule has 0 bridgehead atoms. The third-order valence-corrected chi connectivity index (χ3v) is 3.52. The number of benzene rings is 2. The molecule has 6 heteroatoms. The molecule has 118 valence electrons. The second-order valence-corrected chi connectivity index (χ2v) is 5.40. The van der Waals surface area contributed by atoms with Crippen molar-refractivity contribution in [2.45, 2.75) is 0 Å². The van der Waals surface area contributed by atoms with Crippen LogP contribution in [0.1, 0.15) is 15.9 Å². The van der Waals surface area contributed by atoms with Crippen LogP contribution in [0.15, 0.2) is 48.5 Å². The summed E-state index contributed by atoms with van der Waals surface area (Å²) in [5.41, 5.74) is 1.47. The molecule has 0 spiro atoms. The van der Waals surface area contributed by atoms with E-state index in [1.165, 1.54) is 31.4 Å². The van der Waals surface area contributed by atoms with Gasteiger partial charge in [0.2, 0.25) is 5.91 Å². The van der Waals surface area contributed by atoms with Crippen LogP contribution in [-0.2, 0) is 9.53 Å². The average molecular weight is 350 g/mol. The van der Waals surface area contributed by atoms with Crippen LogP contribution in [-0.4, -0.2) is 19.0 Å². The summed E-state index contributed by atoms with van der Waals surface area (Å²) in [4.78, 5) is 23.5. The molecular formula is C17H13Cl2NO3. The fourth-order valence-corrected chi connectivity index (χ4v) is 2.08. The van der Waals surface area contributed by atoms with E-state index in [-0.39, 0.29) is 5.91 Å². The number of carbonyl (C=O) groups is 2. The number of hydrogen-bond acceptors (Lipinski definition) is 3. The van der Waals surface area contributed by atoms with Crippen LogP contribution < -0.4 is 5.32 Å². The molecule has 0 aliphatic heterocycles. The summed E-state index contributed by atoms with van der Waals surface area (Å²) < 4.78 is 4.63. The van der Waals surface area contributed by atoms with Gasteiger partial charge in [0.1, 0.15) is 0 Å². The van der Waals surface area contributed by atoms with Crippen LogP contribution in [0.25, 0.3) is 6.08 Å². The maximum Gasteiger partial charge on any atom is 0.337 e. The van der Waals surface area contributed by atoms with Gasteiger partial charge in [-0.05, 0) is 42.0 Å². The summed E-state index contributed by atoms with van der Waals surface area (Å²) in [6.45, 7) is 0. The number of rotatable bonds is 4. The molecule has 0 saturated carbocycles. The molecule has 0 aliphatic rings. The third kappa shape index (κ3) is 4.84. The van der Waals surface area contributed by atoms with Gasteiger partial charge < -0.3 is 10.1 Å². The highest BCUT2D eigenvalue weighted by atomic mass is 35.5. The van der Waals surface area contributed by atoms with Gasteiger partial charge in [0.25, 0.3) is 0 Å². The first-order chi connectivity index (χ1) is 11.0. The normalized spacial score (nSPS) is 10.6. The lowest BCUT2D eigenvalue weighted by molar-refractivity contribution is -0.111. The highest BCUT2D eigenvalue weighted by molar-refractivity contribution is 6.34. The van der Waals surface area contributed by atoms with Crippen molar-refractivity contribution < 1.29 is 14.3 Å². The van der Waals surface area contributed by atoms with Gasteiger partial charge in [-0.3, -0.25) is 4.79 Å². The van der Waals surface area contributed by atoms with Crippen molar-refractivity contribution in [3.63, 3.8) is 0 Å². The molecule has 0 atom stereocenters. The van der Waals surface area contributed by atoms with Gasteiger partial charge >= 0.3 is 5.97 Å². The smallest absolute Gasteiger partial charge is 0.337 e. The number of halogens is 2. The number of hydrogen-bond donors (Lipinski definition) is 1. The molecule has 1 amide bonds. The highest BCUT2D eigenvalue weighted by Gasteiger charge is 2.10. The summed E-state index contributed by atoms with van der Waals surface area (Å²) in [6.07, 6.45) is 3.01. The van der Waals surface area contributed by atoms with Gasteiger partial charge in [-0.25, -0.2) is 4.79 Å². The average Bonchev–Trinajstić information content (AvgIpc) is 2.55. The lowest BCUT2D eigenvalue weighted by atomic mass is 10.2. The zero-order chi connectivity index (χ0) is 16.8. The Balaban J connectivity index is 2.10. The Morgan fingerprint density at radius 1 is 1.09 bits per heavy atom. The van der Waals surface area contributed by atoms with Crippen molar-refractivity contribution in [2.24, 2.45) is 0 Å². The molecule has 0 aliphatic carbocycles. The molecule has 2 aromatic carbocycles. The van der Waals surface area contributed by atoms with Crippen molar-refractivity contribution in [1.29, 1.82) is 0 Å². The van der Waals surface area contributed by atoms with Gasteiger partial charge in [0, 0.05) is 11.1 Å². The summed E-state index contributed by atoms with van der Waals surface area (Å²) in [5, 5.41) is 3.57. The van der Waals surface area contributed by atoms with Gasteiger partial charge in [0.15, 0.2) is 0 Å². The number of esters is 1. The maximum atomic E-state index is 12.0. The Labute approximate surface area is 143 Å². The van der Waals surface area contributed by atoms with Crippen LogP contribution in [0.5, 0.6) is 0 Å². The lowest BCUT2D eigenvalue weighted by Crippen LogP contribution is -2.09. The molecule has 2 aromatic rings. The summed E-state index contributed by atoms with van der Waals surface area (Å²) in [7, 11) is 1.28. The Morgan fingerprint density at radius 2 is 1.78 bits per heavy atom.